The average molecular weight is 309 g/mol. The van der Waals surface area contributed by atoms with Gasteiger partial charge >= 0.3 is 0 Å². The lowest BCUT2D eigenvalue weighted by molar-refractivity contribution is -0.126. The predicted octanol–water partition coefficient (Wildman–Crippen LogP) is 2.41. The topological polar surface area (TPSA) is 49.4 Å². The van der Waals surface area contributed by atoms with Crippen LogP contribution in [-0.4, -0.2) is 36.3 Å². The molecule has 0 saturated carbocycles. The maximum atomic E-state index is 12.5. The van der Waals surface area contributed by atoms with Crippen LogP contribution in [0.25, 0.3) is 0 Å². The SMILES string of the molecule is CCNC(=O)C1CCN(C(=O)c2cccc(CCl)c2)CC1. The fourth-order valence-electron chi connectivity index (χ4n) is 2.63. The number of alkyl halides is 1. The second-order valence-electron chi connectivity index (χ2n) is 5.30. The van der Waals surface area contributed by atoms with Gasteiger partial charge in [0.1, 0.15) is 0 Å². The minimum atomic E-state index is 0.0244. The van der Waals surface area contributed by atoms with E-state index in [1.165, 1.54) is 0 Å². The Balaban J connectivity index is 1.95. The van der Waals surface area contributed by atoms with Crippen LogP contribution in [-0.2, 0) is 10.7 Å². The van der Waals surface area contributed by atoms with Crippen LogP contribution in [0.5, 0.6) is 0 Å². The molecule has 4 nitrogen and oxygen atoms in total. The molecule has 114 valence electrons. The largest absolute Gasteiger partial charge is 0.356 e. The first kappa shape index (κ1) is 15.8. The van der Waals surface area contributed by atoms with Crippen molar-refractivity contribution < 1.29 is 9.59 Å². The number of carbonyl (C=O) groups is 2. The summed E-state index contributed by atoms with van der Waals surface area (Å²) in [7, 11) is 0. The third-order valence-corrected chi connectivity index (χ3v) is 4.14. The van der Waals surface area contributed by atoms with Crippen LogP contribution in [0.4, 0.5) is 0 Å². The van der Waals surface area contributed by atoms with E-state index in [0.717, 1.165) is 18.4 Å². The van der Waals surface area contributed by atoms with Crippen LogP contribution in [0, 0.1) is 5.92 Å². The molecule has 1 heterocycles. The maximum absolute atomic E-state index is 12.5. The van der Waals surface area contributed by atoms with E-state index in [4.69, 9.17) is 11.6 Å². The molecule has 21 heavy (non-hydrogen) atoms. The van der Waals surface area contributed by atoms with E-state index in [1.807, 2.05) is 36.1 Å². The van der Waals surface area contributed by atoms with Gasteiger partial charge in [-0.3, -0.25) is 9.59 Å². The first-order valence-electron chi connectivity index (χ1n) is 7.37. The molecule has 0 aliphatic carbocycles. The van der Waals surface area contributed by atoms with Gasteiger partial charge in [-0.05, 0) is 37.5 Å². The molecule has 2 rings (SSSR count). The molecular weight excluding hydrogens is 288 g/mol. The summed E-state index contributed by atoms with van der Waals surface area (Å²) in [6.07, 6.45) is 1.46. The molecule has 1 aromatic carbocycles. The summed E-state index contributed by atoms with van der Waals surface area (Å²) in [4.78, 5) is 26.1. The van der Waals surface area contributed by atoms with Gasteiger partial charge in [-0.25, -0.2) is 0 Å². The van der Waals surface area contributed by atoms with E-state index < -0.39 is 0 Å². The first-order chi connectivity index (χ1) is 10.2. The summed E-state index contributed by atoms with van der Waals surface area (Å²) in [6.45, 7) is 3.83. The van der Waals surface area contributed by atoms with Crippen molar-refractivity contribution in [3.8, 4) is 0 Å². The zero-order valence-electron chi connectivity index (χ0n) is 12.3. The van der Waals surface area contributed by atoms with Crippen molar-refractivity contribution in [3.05, 3.63) is 35.4 Å². The molecule has 1 aliphatic heterocycles. The van der Waals surface area contributed by atoms with Gasteiger partial charge in [0.15, 0.2) is 0 Å². The molecule has 0 aromatic heterocycles. The van der Waals surface area contributed by atoms with Crippen LogP contribution in [0.15, 0.2) is 24.3 Å². The molecule has 5 heteroatoms. The van der Waals surface area contributed by atoms with Crippen LogP contribution in [0.3, 0.4) is 0 Å². The van der Waals surface area contributed by atoms with Crippen molar-refractivity contribution in [1.29, 1.82) is 0 Å². The second-order valence-corrected chi connectivity index (χ2v) is 5.56. The van der Waals surface area contributed by atoms with Crippen molar-refractivity contribution in [3.63, 3.8) is 0 Å². The molecular formula is C16H21ClN2O2. The molecule has 1 N–H and O–H groups in total. The molecule has 0 atom stereocenters. The molecule has 0 radical (unpaired) electrons. The fourth-order valence-corrected chi connectivity index (χ4v) is 2.80. The van der Waals surface area contributed by atoms with Crippen molar-refractivity contribution in [2.45, 2.75) is 25.6 Å². The highest BCUT2D eigenvalue weighted by Crippen LogP contribution is 2.20. The summed E-state index contributed by atoms with van der Waals surface area (Å²) in [5.41, 5.74) is 1.62. The lowest BCUT2D eigenvalue weighted by Gasteiger charge is -2.31. The van der Waals surface area contributed by atoms with E-state index in [9.17, 15) is 9.59 Å². The summed E-state index contributed by atoms with van der Waals surface area (Å²) >= 11 is 5.80. The fraction of sp³-hybridized carbons (Fsp3) is 0.500. The third kappa shape index (κ3) is 3.97. The molecule has 1 saturated heterocycles. The number of carbonyl (C=O) groups excluding carboxylic acids is 2. The van der Waals surface area contributed by atoms with Gasteiger partial charge in [-0.15, -0.1) is 11.6 Å². The van der Waals surface area contributed by atoms with E-state index in [1.54, 1.807) is 0 Å². The van der Waals surface area contributed by atoms with Gasteiger partial charge < -0.3 is 10.2 Å². The van der Waals surface area contributed by atoms with Crippen LogP contribution in [0.1, 0.15) is 35.7 Å². The van der Waals surface area contributed by atoms with Crippen molar-refractivity contribution in [1.82, 2.24) is 10.2 Å². The Bertz CT molecular complexity index is 511. The van der Waals surface area contributed by atoms with Gasteiger partial charge in [0.05, 0.1) is 0 Å². The number of nitrogens with zero attached hydrogens (tertiary/aromatic N) is 1. The summed E-state index contributed by atoms with van der Waals surface area (Å²) in [6, 6.07) is 7.41. The standard InChI is InChI=1S/C16H21ClN2O2/c1-2-18-15(20)13-6-8-19(9-7-13)16(21)14-5-3-4-12(10-14)11-17/h3-5,10,13H,2,6-9,11H2,1H3,(H,18,20). The van der Waals surface area contributed by atoms with Crippen LogP contribution >= 0.6 is 11.6 Å². The highest BCUT2D eigenvalue weighted by molar-refractivity contribution is 6.17. The number of piperidine rings is 1. The lowest BCUT2D eigenvalue weighted by Crippen LogP contribution is -2.43. The number of nitrogens with one attached hydrogen (secondary N) is 1. The number of hydrogen-bond acceptors (Lipinski definition) is 2. The summed E-state index contributed by atoms with van der Waals surface area (Å²) < 4.78 is 0. The van der Waals surface area contributed by atoms with Gasteiger partial charge in [-0.1, -0.05) is 12.1 Å². The molecule has 1 fully saturated rings. The second kappa shape index (κ2) is 7.46. The van der Waals surface area contributed by atoms with Gasteiger partial charge in [0.25, 0.3) is 5.91 Å². The molecule has 0 bridgehead atoms. The van der Waals surface area contributed by atoms with Crippen LogP contribution in [0.2, 0.25) is 0 Å². The van der Waals surface area contributed by atoms with Crippen LogP contribution < -0.4 is 5.32 Å². The van der Waals surface area contributed by atoms with E-state index in [-0.39, 0.29) is 17.7 Å². The zero-order chi connectivity index (χ0) is 15.2. The Kier molecular flexibility index (Phi) is 5.62. The van der Waals surface area contributed by atoms with E-state index >= 15 is 0 Å². The summed E-state index contributed by atoms with van der Waals surface area (Å²) in [5, 5.41) is 2.85. The third-order valence-electron chi connectivity index (χ3n) is 3.83. The Morgan fingerprint density at radius 1 is 1.33 bits per heavy atom. The number of rotatable bonds is 4. The average Bonchev–Trinajstić information content (AvgIpc) is 2.54. The van der Waals surface area contributed by atoms with E-state index in [2.05, 4.69) is 5.32 Å². The highest BCUT2D eigenvalue weighted by atomic mass is 35.5. The van der Waals surface area contributed by atoms with Gasteiger partial charge in [0, 0.05) is 37.0 Å². The molecule has 0 spiro atoms. The van der Waals surface area contributed by atoms with Crippen molar-refractivity contribution >= 4 is 23.4 Å². The monoisotopic (exact) mass is 308 g/mol. The normalized spacial score (nSPS) is 15.8. The van der Waals surface area contributed by atoms with E-state index in [0.29, 0.717) is 31.1 Å². The minimum Gasteiger partial charge on any atom is -0.356 e. The zero-order valence-corrected chi connectivity index (χ0v) is 13.0. The van der Waals surface area contributed by atoms with Gasteiger partial charge in [0.2, 0.25) is 5.91 Å². The minimum absolute atomic E-state index is 0.0244. The Labute approximate surface area is 130 Å². The Hall–Kier alpha value is -1.55. The number of amides is 2. The number of benzene rings is 1. The van der Waals surface area contributed by atoms with Gasteiger partial charge in [-0.2, -0.15) is 0 Å². The Morgan fingerprint density at radius 3 is 2.67 bits per heavy atom. The number of halogens is 1. The van der Waals surface area contributed by atoms with Crippen molar-refractivity contribution in [2.75, 3.05) is 19.6 Å². The smallest absolute Gasteiger partial charge is 0.253 e. The molecule has 2 amide bonds. The highest BCUT2D eigenvalue weighted by Gasteiger charge is 2.27. The number of hydrogen-bond donors (Lipinski definition) is 1. The predicted molar refractivity (Wildman–Crippen MR) is 83.3 cm³/mol. The molecule has 0 unspecified atom stereocenters. The Morgan fingerprint density at radius 2 is 2.05 bits per heavy atom. The lowest BCUT2D eigenvalue weighted by atomic mass is 9.95. The number of likely N-dealkylation sites (tertiary alicyclic amines) is 1. The molecule has 1 aromatic rings. The van der Waals surface area contributed by atoms with Crippen molar-refractivity contribution in [2.24, 2.45) is 5.92 Å². The summed E-state index contributed by atoms with van der Waals surface area (Å²) in [5.74, 6) is 0.564. The first-order valence-corrected chi connectivity index (χ1v) is 7.91. The quantitative estimate of drug-likeness (QED) is 0.868. The maximum Gasteiger partial charge on any atom is 0.253 e. The molecule has 1 aliphatic rings.